The van der Waals surface area contributed by atoms with E-state index in [1.807, 2.05) is 0 Å². The highest BCUT2D eigenvalue weighted by atomic mass is 35.5. The average molecular weight is 268 g/mol. The van der Waals surface area contributed by atoms with E-state index in [0.29, 0.717) is 24.2 Å². The van der Waals surface area contributed by atoms with Crippen molar-refractivity contribution in [3.05, 3.63) is 28.8 Å². The van der Waals surface area contributed by atoms with Gasteiger partial charge in [0, 0.05) is 12.2 Å². The number of hydrogen-bond donors (Lipinski definition) is 2. The molecule has 1 saturated heterocycles. The predicted octanol–water partition coefficient (Wildman–Crippen LogP) is 1.01. The first-order chi connectivity index (χ1) is 8.50. The first kappa shape index (κ1) is 12.7. The van der Waals surface area contributed by atoms with Crippen LogP contribution in [0.15, 0.2) is 18.2 Å². The number of rotatable bonds is 2. The van der Waals surface area contributed by atoms with Gasteiger partial charge in [0.05, 0.1) is 10.6 Å². The molecular weight excluding hydrogens is 254 g/mol. The van der Waals surface area contributed by atoms with Gasteiger partial charge in [0.15, 0.2) is 0 Å². The van der Waals surface area contributed by atoms with Crippen molar-refractivity contribution in [2.75, 3.05) is 12.3 Å². The summed E-state index contributed by atoms with van der Waals surface area (Å²) in [5.74, 6) is -0.756. The topological polar surface area (TPSA) is 89.4 Å². The molecule has 1 aliphatic rings. The first-order valence-corrected chi connectivity index (χ1v) is 6.04. The van der Waals surface area contributed by atoms with Gasteiger partial charge in [-0.3, -0.25) is 9.59 Å². The lowest BCUT2D eigenvalue weighted by molar-refractivity contribution is -0.121. The van der Waals surface area contributed by atoms with Crippen LogP contribution in [-0.4, -0.2) is 29.3 Å². The molecule has 0 saturated carbocycles. The lowest BCUT2D eigenvalue weighted by Gasteiger charge is -2.22. The predicted molar refractivity (Wildman–Crippen MR) is 69.1 cm³/mol. The van der Waals surface area contributed by atoms with Crippen LogP contribution in [0, 0.1) is 0 Å². The van der Waals surface area contributed by atoms with E-state index < -0.39 is 11.9 Å². The number of nitrogens with two attached hydrogens (primary N) is 2. The molecule has 1 atom stereocenters. The Balaban J connectivity index is 2.28. The number of primary amides is 1. The van der Waals surface area contributed by atoms with E-state index in [1.54, 1.807) is 12.1 Å². The van der Waals surface area contributed by atoms with Crippen molar-refractivity contribution < 1.29 is 9.59 Å². The maximum Gasteiger partial charge on any atom is 0.256 e. The van der Waals surface area contributed by atoms with Crippen molar-refractivity contribution in [3.63, 3.8) is 0 Å². The number of carbonyl (C=O) groups excluding carboxylic acids is 2. The highest BCUT2D eigenvalue weighted by molar-refractivity contribution is 6.34. The number of nitrogens with zero attached hydrogens (tertiary/aromatic N) is 1. The van der Waals surface area contributed by atoms with Gasteiger partial charge in [0.1, 0.15) is 6.04 Å². The van der Waals surface area contributed by atoms with Gasteiger partial charge in [-0.15, -0.1) is 0 Å². The maximum absolute atomic E-state index is 12.3. The van der Waals surface area contributed by atoms with Crippen LogP contribution in [0.2, 0.25) is 5.02 Å². The summed E-state index contributed by atoms with van der Waals surface area (Å²) in [5.41, 5.74) is 11.7. The van der Waals surface area contributed by atoms with Crippen LogP contribution in [0.1, 0.15) is 23.2 Å². The van der Waals surface area contributed by atoms with E-state index in [9.17, 15) is 9.59 Å². The molecule has 18 heavy (non-hydrogen) atoms. The molecule has 4 N–H and O–H groups in total. The van der Waals surface area contributed by atoms with Crippen LogP contribution in [0.5, 0.6) is 0 Å². The minimum Gasteiger partial charge on any atom is -0.399 e. The second kappa shape index (κ2) is 4.86. The van der Waals surface area contributed by atoms with Gasteiger partial charge in [-0.05, 0) is 31.0 Å². The number of benzene rings is 1. The molecule has 0 aliphatic carbocycles. The van der Waals surface area contributed by atoms with Gasteiger partial charge in [0.2, 0.25) is 5.91 Å². The number of amides is 2. The van der Waals surface area contributed by atoms with E-state index in [0.717, 1.165) is 6.42 Å². The zero-order chi connectivity index (χ0) is 13.3. The molecule has 0 bridgehead atoms. The molecule has 2 amide bonds. The number of anilines is 1. The molecule has 0 radical (unpaired) electrons. The third-order valence-electron chi connectivity index (χ3n) is 3.07. The zero-order valence-corrected chi connectivity index (χ0v) is 10.5. The largest absolute Gasteiger partial charge is 0.399 e. The summed E-state index contributed by atoms with van der Waals surface area (Å²) in [5, 5.41) is 0.287. The smallest absolute Gasteiger partial charge is 0.256 e. The Bertz CT molecular complexity index is 504. The Morgan fingerprint density at radius 1 is 1.39 bits per heavy atom. The molecule has 6 heteroatoms. The van der Waals surface area contributed by atoms with Gasteiger partial charge < -0.3 is 16.4 Å². The Labute approximate surface area is 110 Å². The molecule has 0 aromatic heterocycles. The molecule has 5 nitrogen and oxygen atoms in total. The number of likely N-dealkylation sites (tertiary alicyclic amines) is 1. The molecule has 1 aromatic rings. The van der Waals surface area contributed by atoms with Crippen molar-refractivity contribution in [1.82, 2.24) is 4.90 Å². The summed E-state index contributed by atoms with van der Waals surface area (Å²) < 4.78 is 0. The summed E-state index contributed by atoms with van der Waals surface area (Å²) in [6, 6.07) is 4.15. The standard InChI is InChI=1S/C12H14ClN3O2/c13-9-6-7(14)3-4-8(9)12(18)16-5-1-2-10(16)11(15)17/h3-4,6,10H,1-2,5,14H2,(H2,15,17). The maximum atomic E-state index is 12.3. The van der Waals surface area contributed by atoms with Crippen molar-refractivity contribution in [1.29, 1.82) is 0 Å². The fourth-order valence-corrected chi connectivity index (χ4v) is 2.43. The van der Waals surface area contributed by atoms with Crippen molar-refractivity contribution in [2.24, 2.45) is 5.73 Å². The minimum absolute atomic E-state index is 0.277. The van der Waals surface area contributed by atoms with E-state index >= 15 is 0 Å². The normalized spacial score (nSPS) is 18.9. The fraction of sp³-hybridized carbons (Fsp3) is 0.333. The fourth-order valence-electron chi connectivity index (χ4n) is 2.17. The van der Waals surface area contributed by atoms with Gasteiger partial charge in [-0.2, -0.15) is 0 Å². The van der Waals surface area contributed by atoms with Gasteiger partial charge >= 0.3 is 0 Å². The second-order valence-corrected chi connectivity index (χ2v) is 4.71. The highest BCUT2D eigenvalue weighted by Crippen LogP contribution is 2.25. The molecule has 1 aromatic carbocycles. The number of carbonyl (C=O) groups is 2. The summed E-state index contributed by atoms with van der Waals surface area (Å²) in [4.78, 5) is 25.0. The molecule has 1 unspecified atom stereocenters. The van der Waals surface area contributed by atoms with Crippen LogP contribution < -0.4 is 11.5 Å². The summed E-state index contributed by atoms with van der Waals surface area (Å²) in [6.07, 6.45) is 1.37. The van der Waals surface area contributed by atoms with Gasteiger partial charge in [-0.25, -0.2) is 0 Å². The Hall–Kier alpha value is -1.75. The third-order valence-corrected chi connectivity index (χ3v) is 3.38. The van der Waals surface area contributed by atoms with Crippen LogP contribution in [0.3, 0.4) is 0 Å². The zero-order valence-electron chi connectivity index (χ0n) is 9.73. The molecule has 1 heterocycles. The van der Waals surface area contributed by atoms with E-state index in [4.69, 9.17) is 23.1 Å². The number of hydrogen-bond acceptors (Lipinski definition) is 3. The van der Waals surface area contributed by atoms with E-state index in [-0.39, 0.29) is 10.9 Å². The molecule has 2 rings (SSSR count). The Morgan fingerprint density at radius 2 is 2.11 bits per heavy atom. The van der Waals surface area contributed by atoms with E-state index in [2.05, 4.69) is 0 Å². The molecule has 0 spiro atoms. The highest BCUT2D eigenvalue weighted by Gasteiger charge is 2.33. The quantitative estimate of drug-likeness (QED) is 0.784. The molecule has 1 fully saturated rings. The average Bonchev–Trinajstić information content (AvgIpc) is 2.77. The Morgan fingerprint density at radius 3 is 2.72 bits per heavy atom. The lowest BCUT2D eigenvalue weighted by atomic mass is 10.1. The van der Waals surface area contributed by atoms with Crippen LogP contribution >= 0.6 is 11.6 Å². The van der Waals surface area contributed by atoms with Crippen LogP contribution in [0.25, 0.3) is 0 Å². The van der Waals surface area contributed by atoms with Crippen molar-refractivity contribution in [3.8, 4) is 0 Å². The first-order valence-electron chi connectivity index (χ1n) is 5.66. The van der Waals surface area contributed by atoms with Gasteiger partial charge in [-0.1, -0.05) is 11.6 Å². The lowest BCUT2D eigenvalue weighted by Crippen LogP contribution is -2.43. The number of halogens is 1. The molecule has 1 aliphatic heterocycles. The van der Waals surface area contributed by atoms with Gasteiger partial charge in [0.25, 0.3) is 5.91 Å². The van der Waals surface area contributed by atoms with Crippen molar-refractivity contribution in [2.45, 2.75) is 18.9 Å². The van der Waals surface area contributed by atoms with E-state index in [1.165, 1.54) is 11.0 Å². The van der Waals surface area contributed by atoms with Crippen molar-refractivity contribution >= 4 is 29.1 Å². The van der Waals surface area contributed by atoms with Crippen LogP contribution in [0.4, 0.5) is 5.69 Å². The minimum atomic E-state index is -0.536. The third kappa shape index (κ3) is 2.26. The SMILES string of the molecule is NC(=O)C1CCCN1C(=O)c1ccc(N)cc1Cl. The number of nitrogen functional groups attached to an aromatic ring is 1. The molecule has 96 valence electrons. The molecular formula is C12H14ClN3O2. The Kier molecular flexibility index (Phi) is 3.43. The summed E-state index contributed by atoms with van der Waals surface area (Å²) in [7, 11) is 0. The second-order valence-electron chi connectivity index (χ2n) is 4.30. The van der Waals surface area contributed by atoms with Crippen LogP contribution in [-0.2, 0) is 4.79 Å². The summed E-state index contributed by atoms with van der Waals surface area (Å²) in [6.45, 7) is 0.521. The summed E-state index contributed by atoms with van der Waals surface area (Å²) >= 11 is 5.99. The monoisotopic (exact) mass is 267 g/mol.